The van der Waals surface area contributed by atoms with Gasteiger partial charge in [-0.15, -0.1) is 0 Å². The van der Waals surface area contributed by atoms with Crippen molar-refractivity contribution in [3.05, 3.63) is 34.6 Å². The van der Waals surface area contributed by atoms with E-state index in [1.165, 1.54) is 6.07 Å². The molecular weight excluding hydrogens is 227 g/mol. The van der Waals surface area contributed by atoms with Gasteiger partial charge in [-0.3, -0.25) is 0 Å². The summed E-state index contributed by atoms with van der Waals surface area (Å²) in [7, 11) is 0. The summed E-state index contributed by atoms with van der Waals surface area (Å²) in [5.41, 5.74) is 0.765. The van der Waals surface area contributed by atoms with Gasteiger partial charge in [0.2, 0.25) is 0 Å². The summed E-state index contributed by atoms with van der Waals surface area (Å²) in [6, 6.07) is 4.80. The molecule has 0 radical (unpaired) electrons. The summed E-state index contributed by atoms with van der Waals surface area (Å²) < 4.78 is 13.2. The van der Waals surface area contributed by atoms with E-state index in [1.807, 2.05) is 19.9 Å². The second-order valence-corrected chi connectivity index (χ2v) is 4.94. The lowest BCUT2D eigenvalue weighted by Gasteiger charge is -2.24. The number of hydrogen-bond acceptors (Lipinski definition) is 1. The molecule has 0 bridgehead atoms. The maximum absolute atomic E-state index is 13.2. The standard InChI is InChI=1S/C13H18ClFO/c1-8(2)11(9(3)16)7-10-5-4-6-12(15)13(10)14/h4-6,8-9,11,16H,7H2,1-3H3. The fourth-order valence-electron chi connectivity index (χ4n) is 1.92. The molecule has 0 fully saturated rings. The van der Waals surface area contributed by atoms with E-state index in [9.17, 15) is 9.50 Å². The van der Waals surface area contributed by atoms with Crippen LogP contribution in [0.3, 0.4) is 0 Å². The first-order chi connectivity index (χ1) is 7.43. The predicted molar refractivity (Wildman–Crippen MR) is 65.1 cm³/mol. The molecule has 3 heteroatoms. The molecule has 90 valence electrons. The lowest BCUT2D eigenvalue weighted by molar-refractivity contribution is 0.0976. The van der Waals surface area contributed by atoms with E-state index < -0.39 is 11.9 Å². The van der Waals surface area contributed by atoms with E-state index in [4.69, 9.17) is 11.6 Å². The van der Waals surface area contributed by atoms with E-state index in [2.05, 4.69) is 0 Å². The Hall–Kier alpha value is -0.600. The van der Waals surface area contributed by atoms with E-state index in [1.54, 1.807) is 13.0 Å². The van der Waals surface area contributed by atoms with Crippen molar-refractivity contribution in [1.82, 2.24) is 0 Å². The number of benzene rings is 1. The van der Waals surface area contributed by atoms with Crippen LogP contribution >= 0.6 is 11.6 Å². The number of halogens is 2. The molecule has 0 saturated carbocycles. The molecular formula is C13H18ClFO. The first-order valence-electron chi connectivity index (χ1n) is 5.54. The Bertz CT molecular complexity index is 342. The van der Waals surface area contributed by atoms with Crippen molar-refractivity contribution >= 4 is 11.6 Å². The molecule has 1 aromatic carbocycles. The first-order valence-corrected chi connectivity index (χ1v) is 5.92. The summed E-state index contributed by atoms with van der Waals surface area (Å²) in [5, 5.41) is 9.84. The SMILES string of the molecule is CC(C)C(Cc1cccc(F)c1Cl)C(C)O. The zero-order valence-corrected chi connectivity index (χ0v) is 10.6. The Kier molecular flexibility index (Phi) is 4.75. The third-order valence-corrected chi connectivity index (χ3v) is 3.39. The number of aliphatic hydroxyl groups excluding tert-OH is 1. The second kappa shape index (κ2) is 5.65. The van der Waals surface area contributed by atoms with Crippen molar-refractivity contribution in [2.24, 2.45) is 11.8 Å². The highest BCUT2D eigenvalue weighted by Gasteiger charge is 2.21. The summed E-state index contributed by atoms with van der Waals surface area (Å²) in [4.78, 5) is 0. The van der Waals surface area contributed by atoms with Crippen molar-refractivity contribution in [2.45, 2.75) is 33.3 Å². The van der Waals surface area contributed by atoms with Crippen LogP contribution in [0, 0.1) is 17.7 Å². The fourth-order valence-corrected chi connectivity index (χ4v) is 2.13. The van der Waals surface area contributed by atoms with Crippen molar-refractivity contribution in [2.75, 3.05) is 0 Å². The molecule has 0 amide bonds. The normalized spacial score (nSPS) is 15.2. The smallest absolute Gasteiger partial charge is 0.142 e. The Labute approximate surface area is 101 Å². The minimum atomic E-state index is -0.417. The largest absolute Gasteiger partial charge is 0.393 e. The molecule has 1 nitrogen and oxygen atoms in total. The Morgan fingerprint density at radius 1 is 1.31 bits per heavy atom. The number of rotatable bonds is 4. The van der Waals surface area contributed by atoms with Crippen LogP contribution in [-0.4, -0.2) is 11.2 Å². The molecule has 0 heterocycles. The fraction of sp³-hybridized carbons (Fsp3) is 0.538. The topological polar surface area (TPSA) is 20.2 Å². The lowest BCUT2D eigenvalue weighted by atomic mass is 9.85. The molecule has 0 aliphatic rings. The summed E-state index contributed by atoms with van der Waals surface area (Å²) >= 11 is 5.89. The molecule has 0 aliphatic carbocycles. The lowest BCUT2D eigenvalue weighted by Crippen LogP contribution is -2.24. The van der Waals surface area contributed by atoms with E-state index in [0.717, 1.165) is 5.56 Å². The van der Waals surface area contributed by atoms with Gasteiger partial charge in [-0.05, 0) is 36.8 Å². The van der Waals surface area contributed by atoms with Crippen LogP contribution in [-0.2, 0) is 6.42 Å². The first kappa shape index (κ1) is 13.5. The summed E-state index contributed by atoms with van der Waals surface area (Å²) in [6.45, 7) is 5.85. The third kappa shape index (κ3) is 3.19. The van der Waals surface area contributed by atoms with Crippen LogP contribution in [0.4, 0.5) is 4.39 Å². The van der Waals surface area contributed by atoms with Crippen LogP contribution in [0.25, 0.3) is 0 Å². The van der Waals surface area contributed by atoms with Gasteiger partial charge in [-0.2, -0.15) is 0 Å². The molecule has 2 unspecified atom stereocenters. The molecule has 1 N–H and O–H groups in total. The third-order valence-electron chi connectivity index (χ3n) is 2.96. The zero-order valence-electron chi connectivity index (χ0n) is 9.87. The molecule has 0 aliphatic heterocycles. The van der Waals surface area contributed by atoms with Gasteiger partial charge >= 0.3 is 0 Å². The molecule has 1 aromatic rings. The predicted octanol–water partition coefficient (Wildman–Crippen LogP) is 3.67. The van der Waals surface area contributed by atoms with Gasteiger partial charge in [0.1, 0.15) is 5.82 Å². The average Bonchev–Trinajstić information content (AvgIpc) is 2.19. The van der Waals surface area contributed by atoms with Crippen molar-refractivity contribution in [3.63, 3.8) is 0 Å². The van der Waals surface area contributed by atoms with Gasteiger partial charge in [0, 0.05) is 0 Å². The monoisotopic (exact) mass is 244 g/mol. The van der Waals surface area contributed by atoms with Gasteiger partial charge in [-0.25, -0.2) is 4.39 Å². The second-order valence-electron chi connectivity index (χ2n) is 4.57. The van der Waals surface area contributed by atoms with Crippen LogP contribution in [0.1, 0.15) is 26.3 Å². The molecule has 16 heavy (non-hydrogen) atoms. The minimum absolute atomic E-state index is 0.0966. The van der Waals surface area contributed by atoms with Crippen LogP contribution in [0.5, 0.6) is 0 Å². The Balaban J connectivity index is 2.90. The average molecular weight is 245 g/mol. The molecule has 0 aromatic heterocycles. The summed E-state index contributed by atoms with van der Waals surface area (Å²) in [5.74, 6) is 0.0332. The molecule has 2 atom stereocenters. The highest BCUT2D eigenvalue weighted by atomic mass is 35.5. The van der Waals surface area contributed by atoms with Crippen LogP contribution < -0.4 is 0 Å². The van der Waals surface area contributed by atoms with Gasteiger partial charge in [0.05, 0.1) is 11.1 Å². The highest BCUT2D eigenvalue weighted by molar-refractivity contribution is 6.31. The van der Waals surface area contributed by atoms with Crippen molar-refractivity contribution < 1.29 is 9.50 Å². The quantitative estimate of drug-likeness (QED) is 0.857. The van der Waals surface area contributed by atoms with E-state index in [0.29, 0.717) is 12.3 Å². The van der Waals surface area contributed by atoms with Gasteiger partial charge in [0.15, 0.2) is 0 Å². The minimum Gasteiger partial charge on any atom is -0.393 e. The molecule has 0 saturated heterocycles. The Morgan fingerprint density at radius 3 is 2.44 bits per heavy atom. The zero-order chi connectivity index (χ0) is 12.3. The van der Waals surface area contributed by atoms with E-state index in [-0.39, 0.29) is 10.9 Å². The number of hydrogen-bond donors (Lipinski definition) is 1. The van der Waals surface area contributed by atoms with Crippen molar-refractivity contribution in [3.8, 4) is 0 Å². The molecule has 1 rings (SSSR count). The maximum atomic E-state index is 13.2. The van der Waals surface area contributed by atoms with Gasteiger partial charge < -0.3 is 5.11 Å². The number of aliphatic hydroxyl groups is 1. The Morgan fingerprint density at radius 2 is 1.94 bits per heavy atom. The highest BCUT2D eigenvalue weighted by Crippen LogP contribution is 2.26. The van der Waals surface area contributed by atoms with Gasteiger partial charge in [-0.1, -0.05) is 37.6 Å². The van der Waals surface area contributed by atoms with E-state index >= 15 is 0 Å². The van der Waals surface area contributed by atoms with Crippen LogP contribution in [0.15, 0.2) is 18.2 Å². The summed E-state index contributed by atoms with van der Waals surface area (Å²) in [6.07, 6.45) is 0.186. The van der Waals surface area contributed by atoms with Crippen molar-refractivity contribution in [1.29, 1.82) is 0 Å². The van der Waals surface area contributed by atoms with Gasteiger partial charge in [0.25, 0.3) is 0 Å². The molecule has 0 spiro atoms. The maximum Gasteiger partial charge on any atom is 0.142 e. The van der Waals surface area contributed by atoms with Crippen LogP contribution in [0.2, 0.25) is 5.02 Å².